The molecule has 0 saturated heterocycles. The van der Waals surface area contributed by atoms with Gasteiger partial charge in [0.1, 0.15) is 0 Å². The number of aromatic nitrogens is 1. The van der Waals surface area contributed by atoms with Crippen molar-refractivity contribution in [3.05, 3.63) is 24.0 Å². The van der Waals surface area contributed by atoms with E-state index in [2.05, 4.69) is 23.3 Å². The lowest BCUT2D eigenvalue weighted by Gasteiger charge is -2.20. The summed E-state index contributed by atoms with van der Waals surface area (Å²) in [6.07, 6.45) is 7.54. The largest absolute Gasteiger partial charge is 0.381 e. The summed E-state index contributed by atoms with van der Waals surface area (Å²) in [5.41, 5.74) is 8.07. The number of aryl methyl sites for hydroxylation is 1. The van der Waals surface area contributed by atoms with Gasteiger partial charge in [0.25, 0.3) is 0 Å². The second-order valence-electron chi connectivity index (χ2n) is 4.43. The van der Waals surface area contributed by atoms with E-state index in [-0.39, 0.29) is 0 Å². The molecule has 0 bridgehead atoms. The van der Waals surface area contributed by atoms with Gasteiger partial charge in [0, 0.05) is 18.4 Å². The van der Waals surface area contributed by atoms with E-state index < -0.39 is 0 Å². The summed E-state index contributed by atoms with van der Waals surface area (Å²) in [5.74, 6) is 0.630. The van der Waals surface area contributed by atoms with Crippen molar-refractivity contribution in [3.63, 3.8) is 0 Å². The third-order valence-corrected chi connectivity index (χ3v) is 3.19. The molecule has 0 aromatic carbocycles. The van der Waals surface area contributed by atoms with Crippen molar-refractivity contribution in [1.82, 2.24) is 4.98 Å². The fourth-order valence-electron chi connectivity index (χ4n) is 2.36. The summed E-state index contributed by atoms with van der Waals surface area (Å²) in [6, 6.07) is 2.68. The van der Waals surface area contributed by atoms with Gasteiger partial charge < -0.3 is 11.1 Å². The monoisotopic (exact) mass is 205 g/mol. The number of anilines is 1. The summed E-state index contributed by atoms with van der Waals surface area (Å²) in [4.78, 5) is 4.18. The van der Waals surface area contributed by atoms with Crippen LogP contribution in [0.2, 0.25) is 0 Å². The predicted molar refractivity (Wildman–Crippen MR) is 62.8 cm³/mol. The van der Waals surface area contributed by atoms with E-state index in [0.717, 1.165) is 12.2 Å². The van der Waals surface area contributed by atoms with Crippen LogP contribution in [-0.4, -0.2) is 17.6 Å². The average molecular weight is 205 g/mol. The molecule has 1 fully saturated rings. The number of nitrogens with zero attached hydrogens (tertiary/aromatic N) is 1. The first-order valence-electron chi connectivity index (χ1n) is 5.68. The maximum absolute atomic E-state index is 5.75. The molecule has 82 valence electrons. The maximum Gasteiger partial charge on any atom is 0.0531 e. The number of nitrogens with one attached hydrogen (secondary N) is 1. The van der Waals surface area contributed by atoms with Crippen LogP contribution in [0.3, 0.4) is 0 Å². The van der Waals surface area contributed by atoms with Crippen molar-refractivity contribution in [3.8, 4) is 0 Å². The van der Waals surface area contributed by atoms with Gasteiger partial charge in [-0.15, -0.1) is 0 Å². The molecule has 1 aromatic rings. The molecule has 2 rings (SSSR count). The quantitative estimate of drug-likeness (QED) is 0.792. The number of hydrogen-bond donors (Lipinski definition) is 2. The maximum atomic E-state index is 5.75. The second kappa shape index (κ2) is 4.62. The highest BCUT2D eigenvalue weighted by molar-refractivity contribution is 5.43. The van der Waals surface area contributed by atoms with Crippen LogP contribution in [0.4, 0.5) is 5.69 Å². The first kappa shape index (κ1) is 10.4. The molecule has 1 aliphatic rings. The molecule has 2 unspecified atom stereocenters. The standard InChI is InChI=1S/C12H19N3/c1-9-5-11(8-14-7-9)15-12-4-2-3-10(12)6-13/h5,7-8,10,12,15H,2-4,6,13H2,1H3. The molecule has 3 N–H and O–H groups in total. The van der Waals surface area contributed by atoms with Crippen LogP contribution >= 0.6 is 0 Å². The SMILES string of the molecule is Cc1cncc(NC2CCCC2CN)c1. The Hall–Kier alpha value is -1.09. The average Bonchev–Trinajstić information content (AvgIpc) is 2.65. The van der Waals surface area contributed by atoms with Gasteiger partial charge in [-0.05, 0) is 43.9 Å². The Morgan fingerprint density at radius 1 is 1.47 bits per heavy atom. The highest BCUT2D eigenvalue weighted by Gasteiger charge is 2.25. The van der Waals surface area contributed by atoms with E-state index in [9.17, 15) is 0 Å². The minimum atomic E-state index is 0.540. The molecular weight excluding hydrogens is 186 g/mol. The van der Waals surface area contributed by atoms with E-state index in [4.69, 9.17) is 5.73 Å². The Morgan fingerprint density at radius 3 is 3.07 bits per heavy atom. The Balaban J connectivity index is 2.02. The third kappa shape index (κ3) is 2.48. The molecule has 15 heavy (non-hydrogen) atoms. The third-order valence-electron chi connectivity index (χ3n) is 3.19. The highest BCUT2D eigenvalue weighted by Crippen LogP contribution is 2.27. The van der Waals surface area contributed by atoms with Gasteiger partial charge in [-0.3, -0.25) is 4.98 Å². The van der Waals surface area contributed by atoms with Crippen LogP contribution in [0, 0.1) is 12.8 Å². The van der Waals surface area contributed by atoms with Crippen LogP contribution in [0.15, 0.2) is 18.5 Å². The molecule has 0 radical (unpaired) electrons. The van der Waals surface area contributed by atoms with E-state index >= 15 is 0 Å². The van der Waals surface area contributed by atoms with Gasteiger partial charge in [-0.1, -0.05) is 6.42 Å². The topological polar surface area (TPSA) is 50.9 Å². The van der Waals surface area contributed by atoms with Crippen molar-refractivity contribution in [2.75, 3.05) is 11.9 Å². The van der Waals surface area contributed by atoms with Crippen molar-refractivity contribution in [2.45, 2.75) is 32.2 Å². The normalized spacial score (nSPS) is 25.5. The zero-order valence-corrected chi connectivity index (χ0v) is 9.24. The molecule has 1 aliphatic carbocycles. The first-order chi connectivity index (χ1) is 7.29. The first-order valence-corrected chi connectivity index (χ1v) is 5.68. The molecular formula is C12H19N3. The molecule has 0 spiro atoms. The zero-order valence-electron chi connectivity index (χ0n) is 9.24. The molecule has 1 heterocycles. The Bertz CT molecular complexity index is 324. The van der Waals surface area contributed by atoms with Crippen LogP contribution in [0.25, 0.3) is 0 Å². The van der Waals surface area contributed by atoms with Crippen LogP contribution in [0.1, 0.15) is 24.8 Å². The summed E-state index contributed by atoms with van der Waals surface area (Å²) < 4.78 is 0. The summed E-state index contributed by atoms with van der Waals surface area (Å²) >= 11 is 0. The fourth-order valence-corrected chi connectivity index (χ4v) is 2.36. The smallest absolute Gasteiger partial charge is 0.0531 e. The minimum absolute atomic E-state index is 0.540. The van der Waals surface area contributed by atoms with Gasteiger partial charge in [0.15, 0.2) is 0 Å². The second-order valence-corrected chi connectivity index (χ2v) is 4.43. The molecule has 0 aliphatic heterocycles. The lowest BCUT2D eigenvalue weighted by atomic mass is 10.0. The minimum Gasteiger partial charge on any atom is -0.381 e. The van der Waals surface area contributed by atoms with Crippen molar-refractivity contribution >= 4 is 5.69 Å². The number of nitrogens with two attached hydrogens (primary N) is 1. The van der Waals surface area contributed by atoms with Gasteiger partial charge in [-0.2, -0.15) is 0 Å². The van der Waals surface area contributed by atoms with Gasteiger partial charge >= 0.3 is 0 Å². The summed E-state index contributed by atoms with van der Waals surface area (Å²) in [6.45, 7) is 2.85. The van der Waals surface area contributed by atoms with Crippen molar-refractivity contribution in [2.24, 2.45) is 11.7 Å². The van der Waals surface area contributed by atoms with Crippen LogP contribution in [-0.2, 0) is 0 Å². The predicted octanol–water partition coefficient (Wildman–Crippen LogP) is 1.93. The summed E-state index contributed by atoms with van der Waals surface area (Å²) in [5, 5.41) is 3.54. The van der Waals surface area contributed by atoms with Crippen LogP contribution < -0.4 is 11.1 Å². The van der Waals surface area contributed by atoms with Crippen molar-refractivity contribution in [1.29, 1.82) is 0 Å². The fraction of sp³-hybridized carbons (Fsp3) is 0.583. The van der Waals surface area contributed by atoms with E-state index in [1.54, 1.807) is 0 Å². The van der Waals surface area contributed by atoms with Gasteiger partial charge in [-0.25, -0.2) is 0 Å². The molecule has 1 saturated carbocycles. The van der Waals surface area contributed by atoms with E-state index in [1.165, 1.54) is 24.8 Å². The molecule has 3 heteroatoms. The number of pyridine rings is 1. The van der Waals surface area contributed by atoms with Gasteiger partial charge in [0.05, 0.1) is 5.69 Å². The molecule has 2 atom stereocenters. The zero-order chi connectivity index (χ0) is 10.7. The number of hydrogen-bond acceptors (Lipinski definition) is 3. The van der Waals surface area contributed by atoms with E-state index in [0.29, 0.717) is 12.0 Å². The lowest BCUT2D eigenvalue weighted by Crippen LogP contribution is -2.29. The molecule has 1 aromatic heterocycles. The lowest BCUT2D eigenvalue weighted by molar-refractivity contribution is 0.516. The van der Waals surface area contributed by atoms with Gasteiger partial charge in [0.2, 0.25) is 0 Å². The molecule has 3 nitrogen and oxygen atoms in total. The van der Waals surface area contributed by atoms with Crippen molar-refractivity contribution < 1.29 is 0 Å². The summed E-state index contributed by atoms with van der Waals surface area (Å²) in [7, 11) is 0. The molecule has 0 amide bonds. The van der Waals surface area contributed by atoms with E-state index in [1.807, 2.05) is 12.4 Å². The number of rotatable bonds is 3. The van der Waals surface area contributed by atoms with Crippen LogP contribution in [0.5, 0.6) is 0 Å². The Kier molecular flexibility index (Phi) is 3.21. The Morgan fingerprint density at radius 2 is 2.33 bits per heavy atom. The Labute approximate surface area is 91.1 Å². The highest BCUT2D eigenvalue weighted by atomic mass is 14.9.